The summed E-state index contributed by atoms with van der Waals surface area (Å²) in [4.78, 5) is 12.1. The third-order valence-electron chi connectivity index (χ3n) is 19.3. The molecule has 21 saturated heterocycles. The maximum atomic E-state index is 12.1. The third-order valence-corrected chi connectivity index (χ3v) is 19.3. The predicted molar refractivity (Wildman–Crippen MR) is 329 cm³/mol. The van der Waals surface area contributed by atoms with Crippen molar-refractivity contribution >= 4 is 6.47 Å². The minimum Gasteiger partial charge on any atom is -0.465 e. The molecule has 0 saturated carbocycles. The van der Waals surface area contributed by atoms with Crippen LogP contribution in [-0.2, 0) is 171 Å². The fourth-order valence-electron chi connectivity index (χ4n) is 14.8. The van der Waals surface area contributed by atoms with E-state index >= 15 is 0 Å². The first-order chi connectivity index (χ1) is 48.2. The lowest BCUT2D eigenvalue weighted by Crippen LogP contribution is -2.69. The molecule has 21 aliphatic heterocycles. The van der Waals surface area contributed by atoms with Gasteiger partial charge < -0.3 is 166 Å². The molecule has 0 N–H and O–H groups in total. The van der Waals surface area contributed by atoms with E-state index in [1.54, 1.807) is 0 Å². The van der Waals surface area contributed by atoms with Gasteiger partial charge in [-0.1, -0.05) is 0 Å². The Morgan fingerprint density at radius 2 is 0.323 bits per heavy atom. The summed E-state index contributed by atoms with van der Waals surface area (Å²) < 4.78 is 225. The Kier molecular flexibility index (Phi) is 34.0. The minimum absolute atomic E-state index is 0.0506. The van der Waals surface area contributed by atoms with E-state index in [4.69, 9.17) is 166 Å². The Morgan fingerprint density at radius 3 is 0.434 bits per heavy atom. The molecule has 0 radical (unpaired) electrons. The van der Waals surface area contributed by atoms with Gasteiger partial charge in [0.1, 0.15) is 178 Å². The van der Waals surface area contributed by atoms with Crippen molar-refractivity contribution in [2.75, 3.05) is 188 Å². The van der Waals surface area contributed by atoms with Gasteiger partial charge in [0.05, 0.1) is 39.6 Å². The summed E-state index contributed by atoms with van der Waals surface area (Å²) >= 11 is 0. The average molecular weight is 1440 g/mol. The van der Waals surface area contributed by atoms with E-state index in [1.807, 2.05) is 0 Å². The third kappa shape index (κ3) is 18.2. The summed E-state index contributed by atoms with van der Waals surface area (Å²) in [6.07, 6.45) is -37.6. The van der Waals surface area contributed by atoms with Gasteiger partial charge in [-0.2, -0.15) is 0 Å². The number of carbonyl (C=O) groups excluding carboxylic acids is 1. The lowest BCUT2D eigenvalue weighted by atomic mass is 9.94. The standard InChI is InChI=1S/C63H110O36/c1-65-21-29-36-43(71-7)51(79-15)58(87-29)95-38-31(23-67-3)89-60(53(81-17)45(38)73-9)97-40-33(25-69-5)91-62(55(83-19)47(40)75-11)99-42-35(27-85-28-64)92-63(56(84-20)49(42)77-13)98-41-34(26-70-6)90-61(54(82-18)48(41)76-12)96-39-32(24-68-4)88-59(52(80-16)46(39)74-10)94-37-30(22-66-2)86-57(93-36)50(78-14)44(37)72-8/h28-63H,21-27H2,1-20H3/t29-,30-,31-,32-,33-,34-,35-,36-,37-,38-,39-,40-,41-,42-,43+,44+,45+,46+,47+,48+,49+,50-,51-,52-,53-,54-,55-,56-,57-,58-,59-,60-,61-,62-,63-/m1/s1. The highest BCUT2D eigenvalue weighted by Crippen LogP contribution is 2.43. The van der Waals surface area contributed by atoms with E-state index in [1.165, 1.54) is 142 Å². The zero-order valence-corrected chi connectivity index (χ0v) is 60.4. The Labute approximate surface area is 578 Å². The van der Waals surface area contributed by atoms with Crippen molar-refractivity contribution in [3.8, 4) is 0 Å². The lowest BCUT2D eigenvalue weighted by Gasteiger charge is -2.52. The number of hydrogen-bond acceptors (Lipinski definition) is 36. The summed E-state index contributed by atoms with van der Waals surface area (Å²) in [5.41, 5.74) is 0. The molecular formula is C63H110O36. The first kappa shape index (κ1) is 82.8. The smallest absolute Gasteiger partial charge is 0.293 e. The van der Waals surface area contributed by atoms with Gasteiger partial charge >= 0.3 is 0 Å². The topological polar surface area (TPSA) is 340 Å². The van der Waals surface area contributed by atoms with Crippen LogP contribution in [0, 0.1) is 0 Å². The zero-order valence-electron chi connectivity index (χ0n) is 60.4. The van der Waals surface area contributed by atoms with Crippen LogP contribution in [0.4, 0.5) is 0 Å². The van der Waals surface area contributed by atoms with Gasteiger partial charge in [0.15, 0.2) is 44.0 Å². The molecule has 14 bridgehead atoms. The van der Waals surface area contributed by atoms with Gasteiger partial charge in [-0.15, -0.1) is 0 Å². The van der Waals surface area contributed by atoms with Crippen molar-refractivity contribution in [2.45, 2.75) is 215 Å². The molecule has 0 aromatic carbocycles. The lowest BCUT2D eigenvalue weighted by molar-refractivity contribution is -0.402. The number of hydrogen-bond donors (Lipinski definition) is 0. The van der Waals surface area contributed by atoms with E-state index in [2.05, 4.69) is 0 Å². The molecule has 35 atom stereocenters. The Morgan fingerprint density at radius 1 is 0.192 bits per heavy atom. The number of carbonyl (C=O) groups is 1. The van der Waals surface area contributed by atoms with Crippen LogP contribution in [0.2, 0.25) is 0 Å². The van der Waals surface area contributed by atoms with Gasteiger partial charge in [0.25, 0.3) is 6.47 Å². The van der Waals surface area contributed by atoms with Crippen molar-refractivity contribution < 1.29 is 171 Å². The van der Waals surface area contributed by atoms with Crippen LogP contribution < -0.4 is 0 Å². The fourth-order valence-corrected chi connectivity index (χ4v) is 14.8. The normalized spacial score (nSPS) is 45.6. The number of rotatable bonds is 29. The summed E-state index contributed by atoms with van der Waals surface area (Å²) in [7, 11) is 29.7. The van der Waals surface area contributed by atoms with Crippen LogP contribution in [0.15, 0.2) is 0 Å². The van der Waals surface area contributed by atoms with Crippen LogP contribution in [0.5, 0.6) is 0 Å². The maximum absolute atomic E-state index is 12.1. The van der Waals surface area contributed by atoms with E-state index in [-0.39, 0.29) is 52.7 Å². The Hall–Kier alpha value is -1.89. The molecule has 0 aromatic heterocycles. The highest BCUT2D eigenvalue weighted by molar-refractivity contribution is 5.37. The molecular weight excluding hydrogens is 1330 g/mol. The van der Waals surface area contributed by atoms with Crippen LogP contribution in [0.25, 0.3) is 0 Å². The molecule has 36 heteroatoms. The number of ether oxygens (including phenoxy) is 35. The van der Waals surface area contributed by atoms with Gasteiger partial charge in [-0.3, -0.25) is 4.79 Å². The first-order valence-electron chi connectivity index (χ1n) is 32.7. The second-order valence-electron chi connectivity index (χ2n) is 24.5. The summed E-state index contributed by atoms with van der Waals surface area (Å²) in [5.74, 6) is 0. The fraction of sp³-hybridized carbons (Fsp3) is 0.984. The molecule has 0 spiro atoms. The van der Waals surface area contributed by atoms with Gasteiger partial charge in [0, 0.05) is 142 Å². The van der Waals surface area contributed by atoms with Gasteiger partial charge in [0.2, 0.25) is 0 Å². The van der Waals surface area contributed by atoms with E-state index in [0.717, 1.165) is 0 Å². The Bertz CT molecular complexity index is 2240. The van der Waals surface area contributed by atoms with Gasteiger partial charge in [-0.05, 0) is 0 Å². The summed E-state index contributed by atoms with van der Waals surface area (Å²) in [6.45, 7) is -0.495. The molecule has 0 aromatic rings. The summed E-state index contributed by atoms with van der Waals surface area (Å²) in [6, 6.07) is 0. The van der Waals surface area contributed by atoms with E-state index < -0.39 is 215 Å². The largest absolute Gasteiger partial charge is 0.465 e. The van der Waals surface area contributed by atoms with Crippen molar-refractivity contribution in [1.82, 2.24) is 0 Å². The highest BCUT2D eigenvalue weighted by atomic mass is 16.8. The van der Waals surface area contributed by atoms with E-state index in [0.29, 0.717) is 0 Å². The van der Waals surface area contributed by atoms with Crippen molar-refractivity contribution in [1.29, 1.82) is 0 Å². The Balaban J connectivity index is 1.24. The predicted octanol–water partition coefficient (Wildman–Crippen LogP) is -1.97. The quantitative estimate of drug-likeness (QED) is 0.0733. The molecule has 21 rings (SSSR count). The van der Waals surface area contributed by atoms with Crippen LogP contribution in [-0.4, -0.2) is 410 Å². The second-order valence-corrected chi connectivity index (χ2v) is 24.5. The van der Waals surface area contributed by atoms with Crippen LogP contribution >= 0.6 is 0 Å². The minimum atomic E-state index is -1.33. The number of methoxy groups -OCH3 is 20. The van der Waals surface area contributed by atoms with Crippen molar-refractivity contribution in [3.63, 3.8) is 0 Å². The average Bonchev–Trinajstić information content (AvgIpc) is 0.775. The molecule has 578 valence electrons. The van der Waals surface area contributed by atoms with E-state index in [9.17, 15) is 4.79 Å². The molecule has 21 heterocycles. The molecule has 36 nitrogen and oxygen atoms in total. The highest BCUT2D eigenvalue weighted by Gasteiger charge is 2.62. The molecule has 21 aliphatic rings. The van der Waals surface area contributed by atoms with Crippen LogP contribution in [0.3, 0.4) is 0 Å². The zero-order chi connectivity index (χ0) is 71.6. The SMILES string of the molecule is COC[C@H]1O[C@@H]2O[C@H]3[C@H](OC)[C@@H](OC)[C@@H](O[C@H]4[C@H](OC)[C@@H](OC)[C@@H](O[C@H]5[C@H](OC)[C@@H](OC)[C@@H](O[C@H]6[C@H](OC)[C@@H](OC)[C@@H](O[C@H]7[C@H](OC)[C@@H](OC)[C@@H](O[C@H]8[C@H](OC)[C@@H](OC)[C@@H](O[C@H]1[C@H](OC)[C@H]2OC)O[C@@H]8COC)O[C@@H]7COC)O[C@@H]6COC)O[C@@H]5COC=O)O[C@@H]4COC)O[C@@H]3COC. The summed E-state index contributed by atoms with van der Waals surface area (Å²) in [5, 5.41) is 0. The molecule has 0 unspecified atom stereocenters. The monoisotopic (exact) mass is 1440 g/mol. The molecule has 21 fully saturated rings. The second kappa shape index (κ2) is 40.7. The molecule has 0 amide bonds. The van der Waals surface area contributed by atoms with Crippen molar-refractivity contribution in [3.05, 3.63) is 0 Å². The maximum Gasteiger partial charge on any atom is 0.293 e. The van der Waals surface area contributed by atoms with Gasteiger partial charge in [-0.25, -0.2) is 0 Å². The van der Waals surface area contributed by atoms with Crippen LogP contribution in [0.1, 0.15) is 0 Å². The first-order valence-corrected chi connectivity index (χ1v) is 32.7. The molecule has 0 aliphatic carbocycles. The van der Waals surface area contributed by atoms with Crippen molar-refractivity contribution in [2.24, 2.45) is 0 Å². The molecule has 99 heavy (non-hydrogen) atoms.